The van der Waals surface area contributed by atoms with Gasteiger partial charge in [0, 0.05) is 38.4 Å². The van der Waals surface area contributed by atoms with Gasteiger partial charge in [-0.1, -0.05) is 359 Å². The highest BCUT2D eigenvalue weighted by atomic mass is 35.5. The lowest BCUT2D eigenvalue weighted by atomic mass is 9.68. The predicted octanol–water partition coefficient (Wildman–Crippen LogP) is 26.5. The summed E-state index contributed by atoms with van der Waals surface area (Å²) in [5, 5.41) is 20.6. The third kappa shape index (κ3) is 13.4. The molecule has 23 rings (SSSR count). The van der Waals surface area contributed by atoms with Gasteiger partial charge in [0.1, 0.15) is 0 Å². The molecule has 1 saturated heterocycles. The molecule has 4 aliphatic carbocycles. The zero-order valence-electron chi connectivity index (χ0n) is 68.3. The molecule has 0 bridgehead atoms. The molecule has 1 aliphatic heterocycles. The Morgan fingerprint density at radius 3 is 0.856 bits per heavy atom. The van der Waals surface area contributed by atoms with Crippen LogP contribution in [0.3, 0.4) is 0 Å². The Balaban J connectivity index is 0.000000125. The minimum Gasteiger partial charge on any atom is -0.399 e. The van der Waals surface area contributed by atoms with Crippen LogP contribution in [0.25, 0.3) is 146 Å². The van der Waals surface area contributed by atoms with Gasteiger partial charge in [-0.3, -0.25) is 0 Å². The second-order valence-electron chi connectivity index (χ2n) is 32.9. The summed E-state index contributed by atoms with van der Waals surface area (Å²) in [5.41, 5.74) is 32.4. The molecule has 2 aromatic heterocycles. The van der Waals surface area contributed by atoms with Gasteiger partial charge in [0.25, 0.3) is 0 Å². The first kappa shape index (κ1) is 78.3. The van der Waals surface area contributed by atoms with Crippen molar-refractivity contribution in [1.82, 2.24) is 29.9 Å². The molecule has 18 aromatic rings. The number of benzene rings is 16. The number of aromatic nitrogens is 6. The number of rotatable bonds is 10. The first-order valence-corrected chi connectivity index (χ1v) is 42.1. The Kier molecular flexibility index (Phi) is 19.8. The third-order valence-electron chi connectivity index (χ3n) is 25.4. The first-order chi connectivity index (χ1) is 60.7. The lowest BCUT2D eigenvalue weighted by Gasteiger charge is -2.32. The molecular weight excluding hydrogens is 1550 g/mol. The fraction of sp³-hybridized carbons (Fsp3) is 0.0796. The van der Waals surface area contributed by atoms with E-state index in [-0.39, 0.29) is 7.43 Å². The van der Waals surface area contributed by atoms with Crippen molar-refractivity contribution in [2.45, 2.75) is 57.2 Å². The Bertz CT molecular complexity index is 7130. The number of fused-ring (bicyclic) bond motifs is 20. The van der Waals surface area contributed by atoms with Crippen molar-refractivity contribution in [2.24, 2.45) is 0 Å². The van der Waals surface area contributed by atoms with Crippen LogP contribution in [0, 0.1) is 22.7 Å². The highest BCUT2D eigenvalue weighted by Gasteiger charge is 2.56. The van der Waals surface area contributed by atoms with Crippen molar-refractivity contribution in [3.63, 3.8) is 0 Å². The standard InChI is InChI=1S/C53H32N4.C32H26BNO2.C27H18ClN3.CH4/c54-33-34-22-28-44-45-29-27-41(32-49(45)53(48(44)30-34)46-20-9-7-18-42(46)43-19-8-10-21-47(43)53)40-17-11-16-39(31-40)35-23-25-38(26-24-35)52-56-50(36-12-3-1-4-13-36)55-51(57-52)37-14-5-2-6-15-37;1-30(2)31(3,4)36-33(35-30)21-14-16-25-24-15-13-20(19-34)17-28(24)32(29(25)18-21)26-11-7-5-9-22(26)23-10-6-8-12-27(23)32;28-24-13-7-12-23(18-24)19-14-16-22(17-15-19)27-30-25(20-8-3-1-4-9-20)29-26(31-27)21-10-5-2-6-11-21;/h1-32H;5-18H,1-4H3;1-18H;1H4. The van der Waals surface area contributed by atoms with Gasteiger partial charge < -0.3 is 9.31 Å². The molecule has 0 N–H and O–H groups in total. The fourth-order valence-electron chi connectivity index (χ4n) is 18.8. The molecule has 16 aromatic carbocycles. The van der Waals surface area contributed by atoms with Gasteiger partial charge in [-0.15, -0.1) is 0 Å². The van der Waals surface area contributed by atoms with Crippen LogP contribution in [0.5, 0.6) is 0 Å². The number of nitriles is 2. The molecule has 3 heterocycles. The zero-order valence-corrected chi connectivity index (χ0v) is 69.1. The Hall–Kier alpha value is -15.2. The molecule has 1 fully saturated rings. The summed E-state index contributed by atoms with van der Waals surface area (Å²) in [4.78, 5) is 29.0. The molecule has 2 spiro atoms. The van der Waals surface area contributed by atoms with E-state index in [1.165, 1.54) is 89.0 Å². The van der Waals surface area contributed by atoms with Crippen molar-refractivity contribution in [1.29, 1.82) is 10.5 Å². The van der Waals surface area contributed by atoms with E-state index in [0.717, 1.165) is 77.2 Å². The lowest BCUT2D eigenvalue weighted by molar-refractivity contribution is 0.00578. The number of hydrogen-bond acceptors (Lipinski definition) is 10. The molecule has 594 valence electrons. The quantitative estimate of drug-likeness (QED) is 0.121. The van der Waals surface area contributed by atoms with Crippen LogP contribution < -0.4 is 5.46 Å². The molecule has 0 amide bonds. The number of hydrogen-bond donors (Lipinski definition) is 0. The maximum Gasteiger partial charge on any atom is 0.494 e. The van der Waals surface area contributed by atoms with Gasteiger partial charge >= 0.3 is 7.12 Å². The van der Waals surface area contributed by atoms with Crippen LogP contribution in [-0.2, 0) is 20.1 Å². The predicted molar refractivity (Wildman–Crippen MR) is 505 cm³/mol. The summed E-state index contributed by atoms with van der Waals surface area (Å²) in [6.45, 7) is 8.35. The monoisotopic (exact) mass is 1630 g/mol. The van der Waals surface area contributed by atoms with Crippen LogP contribution in [0.1, 0.15) is 90.8 Å². The topological polar surface area (TPSA) is 143 Å². The van der Waals surface area contributed by atoms with E-state index in [9.17, 15) is 10.5 Å². The maximum absolute atomic E-state index is 10.0. The third-order valence-corrected chi connectivity index (χ3v) is 25.6. The molecule has 125 heavy (non-hydrogen) atoms. The molecule has 0 unspecified atom stereocenters. The molecule has 0 radical (unpaired) electrons. The molecule has 0 atom stereocenters. The summed E-state index contributed by atoms with van der Waals surface area (Å²) >= 11 is 6.15. The van der Waals surface area contributed by atoms with Gasteiger partial charge in [0.05, 0.1) is 45.3 Å². The average molecular weight is 1630 g/mol. The van der Waals surface area contributed by atoms with E-state index in [2.05, 4.69) is 258 Å². The first-order valence-electron chi connectivity index (χ1n) is 41.7. The van der Waals surface area contributed by atoms with E-state index in [1.54, 1.807) is 0 Å². The van der Waals surface area contributed by atoms with Crippen molar-refractivity contribution in [3.8, 4) is 158 Å². The summed E-state index contributed by atoms with van der Waals surface area (Å²) < 4.78 is 12.9. The van der Waals surface area contributed by atoms with Crippen LogP contribution >= 0.6 is 11.6 Å². The minimum atomic E-state index is -0.524. The molecule has 5 aliphatic rings. The normalized spacial score (nSPS) is 13.9. The second-order valence-corrected chi connectivity index (χ2v) is 33.3. The molecular formula is C113H80BClN8O2. The van der Waals surface area contributed by atoms with Gasteiger partial charge in [0.15, 0.2) is 34.9 Å². The number of halogens is 1. The van der Waals surface area contributed by atoms with E-state index >= 15 is 0 Å². The summed E-state index contributed by atoms with van der Waals surface area (Å²) in [7, 11) is -0.442. The highest BCUT2D eigenvalue weighted by Crippen LogP contribution is 2.65. The Morgan fingerprint density at radius 1 is 0.240 bits per heavy atom. The van der Waals surface area contributed by atoms with E-state index in [1.807, 2.05) is 170 Å². The lowest BCUT2D eigenvalue weighted by Crippen LogP contribution is -2.41. The van der Waals surface area contributed by atoms with Crippen LogP contribution in [0.4, 0.5) is 0 Å². The largest absolute Gasteiger partial charge is 0.494 e. The summed E-state index contributed by atoms with van der Waals surface area (Å²) in [6.07, 6.45) is 0. The van der Waals surface area contributed by atoms with Gasteiger partial charge in [0.2, 0.25) is 0 Å². The number of nitrogens with zero attached hydrogens (tertiary/aromatic N) is 8. The Labute approximate surface area is 733 Å². The van der Waals surface area contributed by atoms with Crippen molar-refractivity contribution >= 4 is 24.2 Å². The van der Waals surface area contributed by atoms with Crippen LogP contribution in [-0.4, -0.2) is 48.2 Å². The van der Waals surface area contributed by atoms with E-state index < -0.39 is 29.2 Å². The van der Waals surface area contributed by atoms with Crippen molar-refractivity contribution in [2.75, 3.05) is 0 Å². The molecule has 0 saturated carbocycles. The minimum absolute atomic E-state index is 0. The maximum atomic E-state index is 10.0. The van der Waals surface area contributed by atoms with Crippen LogP contribution in [0.15, 0.2) is 388 Å². The fourth-order valence-corrected chi connectivity index (χ4v) is 19.0. The second kappa shape index (κ2) is 31.7. The van der Waals surface area contributed by atoms with Crippen molar-refractivity contribution < 1.29 is 9.31 Å². The smallest absolute Gasteiger partial charge is 0.399 e. The van der Waals surface area contributed by atoms with E-state index in [4.69, 9.17) is 50.8 Å². The average Bonchev–Trinajstić information content (AvgIpc) is 1.51. The summed E-state index contributed by atoms with van der Waals surface area (Å²) in [5.74, 6) is 3.88. The zero-order chi connectivity index (χ0) is 83.8. The molecule has 12 heteroatoms. The molecule has 10 nitrogen and oxygen atoms in total. The SMILES string of the molecule is C.CC1(C)OB(c2ccc3c(c2)C2(c4ccccc4-c4ccccc42)c2cc(C#N)ccc2-3)OC1(C)C.Clc1cccc(-c2ccc(-c3nc(-c4ccccc4)nc(-c4ccccc4)n3)cc2)c1.N#Cc1ccc2c(c1)C1(c3ccccc3-c3ccccc31)c1cc(-c3cccc(-c4ccc(-c5nc(-c6ccccc6)nc(-c6ccccc6)n5)cc4)c3)ccc1-2. The van der Waals surface area contributed by atoms with Crippen molar-refractivity contribution in [3.05, 3.63) is 449 Å². The van der Waals surface area contributed by atoms with Gasteiger partial charge in [-0.05, 0) is 204 Å². The Morgan fingerprint density at radius 2 is 0.496 bits per heavy atom. The van der Waals surface area contributed by atoms with E-state index in [0.29, 0.717) is 46.1 Å². The highest BCUT2D eigenvalue weighted by molar-refractivity contribution is 6.62. The van der Waals surface area contributed by atoms with Crippen LogP contribution in [0.2, 0.25) is 5.02 Å². The van der Waals surface area contributed by atoms with Gasteiger partial charge in [-0.2, -0.15) is 10.5 Å². The summed E-state index contributed by atoms with van der Waals surface area (Å²) in [6, 6.07) is 139. The van der Waals surface area contributed by atoms with Gasteiger partial charge in [-0.25, -0.2) is 29.9 Å².